The highest BCUT2D eigenvalue weighted by Gasteiger charge is 2.45. The Bertz CT molecular complexity index is 2210. The highest BCUT2D eigenvalue weighted by atomic mass is 32.1. The minimum Gasteiger partial charge on any atom is -0.463 e. The third-order valence-corrected chi connectivity index (χ3v) is 11.6. The van der Waals surface area contributed by atoms with Gasteiger partial charge in [-0.25, -0.2) is 8.78 Å². The number of nitrogens with zero attached hydrogens (tertiary/aromatic N) is 7. The average Bonchev–Trinajstić information content (AvgIpc) is 3.78. The van der Waals surface area contributed by atoms with Gasteiger partial charge in [-0.15, -0.1) is 11.3 Å². The molecule has 14 heteroatoms. The number of aryl methyl sites for hydroxylation is 1. The number of aromatic nitrogens is 4. The maximum absolute atomic E-state index is 17.0. The summed E-state index contributed by atoms with van der Waals surface area (Å²) in [6.07, 6.45) is 6.07. The highest BCUT2D eigenvalue weighted by molar-refractivity contribution is 7.23. The second-order valence-electron chi connectivity index (χ2n) is 13.8. The van der Waals surface area contributed by atoms with E-state index in [4.69, 9.17) is 15.5 Å². The number of amides is 1. The van der Waals surface area contributed by atoms with Crippen molar-refractivity contribution in [2.45, 2.75) is 57.7 Å². The first-order chi connectivity index (χ1) is 24.2. The molecular formula is C36H37F2N9O2S. The summed E-state index contributed by atoms with van der Waals surface area (Å²) in [5.74, 6) is -0.832. The number of thiophene rings is 1. The van der Waals surface area contributed by atoms with E-state index < -0.39 is 11.6 Å². The van der Waals surface area contributed by atoms with E-state index in [0.717, 1.165) is 55.7 Å². The molecule has 0 radical (unpaired) electrons. The Morgan fingerprint density at radius 3 is 2.80 bits per heavy atom. The van der Waals surface area contributed by atoms with Crippen molar-refractivity contribution in [2.75, 3.05) is 44.4 Å². The number of hydrogen-bond donors (Lipinski definition) is 2. The van der Waals surface area contributed by atoms with Crippen LogP contribution >= 0.6 is 11.3 Å². The molecule has 1 aliphatic carbocycles. The molecule has 1 saturated carbocycles. The van der Waals surface area contributed by atoms with Crippen molar-refractivity contribution in [1.82, 2.24) is 30.0 Å². The summed E-state index contributed by atoms with van der Waals surface area (Å²) in [7, 11) is 3.39. The van der Waals surface area contributed by atoms with Crippen LogP contribution in [0.4, 0.5) is 19.6 Å². The fourth-order valence-corrected chi connectivity index (χ4v) is 9.02. The molecule has 0 spiro atoms. The number of nitriles is 1. The van der Waals surface area contributed by atoms with E-state index in [1.54, 1.807) is 32.3 Å². The van der Waals surface area contributed by atoms with Crippen molar-refractivity contribution in [3.05, 3.63) is 58.9 Å². The average molecular weight is 698 g/mol. The first kappa shape index (κ1) is 32.3. The van der Waals surface area contributed by atoms with Crippen LogP contribution in [0.5, 0.6) is 6.01 Å². The smallest absolute Gasteiger partial charge is 0.319 e. The van der Waals surface area contributed by atoms with Gasteiger partial charge in [-0.3, -0.25) is 9.48 Å². The Balaban J connectivity index is 1.25. The van der Waals surface area contributed by atoms with Crippen LogP contribution < -0.4 is 20.7 Å². The van der Waals surface area contributed by atoms with Crippen molar-refractivity contribution < 1.29 is 18.3 Å². The van der Waals surface area contributed by atoms with Crippen LogP contribution in [-0.4, -0.2) is 70.4 Å². The van der Waals surface area contributed by atoms with Crippen LogP contribution in [0.2, 0.25) is 0 Å². The molecule has 5 heterocycles. The molecule has 0 bridgehead atoms. The molecule has 3 N–H and O–H groups in total. The summed E-state index contributed by atoms with van der Waals surface area (Å²) in [5, 5.41) is 19.1. The minimum absolute atomic E-state index is 0.0338. The summed E-state index contributed by atoms with van der Waals surface area (Å²) in [6.45, 7) is 3.00. The molecule has 11 nitrogen and oxygen atoms in total. The predicted molar refractivity (Wildman–Crippen MR) is 188 cm³/mol. The van der Waals surface area contributed by atoms with Gasteiger partial charge in [0, 0.05) is 55.0 Å². The molecule has 1 saturated heterocycles. The molecule has 50 heavy (non-hydrogen) atoms. The molecule has 3 aromatic heterocycles. The first-order valence-electron chi connectivity index (χ1n) is 17.0. The number of rotatable bonds is 6. The van der Waals surface area contributed by atoms with Gasteiger partial charge >= 0.3 is 6.01 Å². The zero-order chi connectivity index (χ0) is 34.7. The predicted octanol–water partition coefficient (Wildman–Crippen LogP) is 5.85. The van der Waals surface area contributed by atoms with Gasteiger partial charge in [-0.2, -0.15) is 20.3 Å². The van der Waals surface area contributed by atoms with Crippen molar-refractivity contribution in [3.63, 3.8) is 0 Å². The summed E-state index contributed by atoms with van der Waals surface area (Å²) in [4.78, 5) is 25.9. The van der Waals surface area contributed by atoms with Crippen LogP contribution in [0.1, 0.15) is 60.3 Å². The van der Waals surface area contributed by atoms with Crippen molar-refractivity contribution in [1.29, 1.82) is 5.26 Å². The SMILES string of the molecule is CN(C)C(=O)c1cc2n(n1)CCCN(c1nc(OCC34CCCNC3CCC4)nc3c(F)c(-c4ccc(F)c5sc(N)c(C#N)c45)ccc13)C2. The minimum atomic E-state index is -0.632. The fraction of sp³-hybridized carbons (Fsp3) is 0.417. The Morgan fingerprint density at radius 1 is 1.16 bits per heavy atom. The van der Waals surface area contributed by atoms with E-state index >= 15 is 4.39 Å². The number of carbonyl (C=O) groups excluding carboxylic acids is 1. The third kappa shape index (κ3) is 5.30. The molecule has 2 atom stereocenters. The highest BCUT2D eigenvalue weighted by Crippen LogP contribution is 2.46. The maximum atomic E-state index is 17.0. The van der Waals surface area contributed by atoms with Gasteiger partial charge in [-0.05, 0) is 62.4 Å². The van der Waals surface area contributed by atoms with E-state index in [2.05, 4.69) is 26.4 Å². The summed E-state index contributed by atoms with van der Waals surface area (Å²) in [6, 6.07) is 10.5. The molecule has 2 unspecified atom stereocenters. The van der Waals surface area contributed by atoms with Gasteiger partial charge in [0.05, 0.1) is 29.1 Å². The van der Waals surface area contributed by atoms with Gasteiger partial charge < -0.3 is 25.6 Å². The van der Waals surface area contributed by atoms with Gasteiger partial charge in [0.15, 0.2) is 11.5 Å². The van der Waals surface area contributed by atoms with Crippen LogP contribution in [0.25, 0.3) is 32.1 Å². The lowest BCUT2D eigenvalue weighted by atomic mass is 9.76. The third-order valence-electron chi connectivity index (χ3n) is 10.6. The number of benzene rings is 2. The molecule has 2 fully saturated rings. The van der Waals surface area contributed by atoms with Gasteiger partial charge in [0.2, 0.25) is 0 Å². The number of piperidine rings is 1. The van der Waals surface area contributed by atoms with Crippen LogP contribution in [0, 0.1) is 28.4 Å². The van der Waals surface area contributed by atoms with E-state index in [1.165, 1.54) is 17.0 Å². The van der Waals surface area contributed by atoms with Crippen molar-refractivity contribution in [3.8, 4) is 23.2 Å². The fourth-order valence-electron chi connectivity index (χ4n) is 8.07. The second-order valence-corrected chi connectivity index (χ2v) is 14.8. The lowest BCUT2D eigenvalue weighted by Gasteiger charge is -2.39. The molecule has 3 aliphatic rings. The number of nitrogens with one attached hydrogen (secondary N) is 1. The molecule has 5 aromatic rings. The van der Waals surface area contributed by atoms with Crippen LogP contribution in [-0.2, 0) is 13.1 Å². The summed E-state index contributed by atoms with van der Waals surface area (Å²) >= 11 is 0.970. The van der Waals surface area contributed by atoms with Crippen molar-refractivity contribution >= 4 is 49.1 Å². The normalized spacial score (nSPS) is 20.4. The number of nitrogen functional groups attached to an aromatic ring is 1. The number of hydrogen-bond acceptors (Lipinski definition) is 10. The van der Waals surface area contributed by atoms with E-state index in [1.807, 2.05) is 4.68 Å². The van der Waals surface area contributed by atoms with Gasteiger partial charge in [0.1, 0.15) is 28.2 Å². The number of carbonyl (C=O) groups is 1. The number of fused-ring (bicyclic) bond motifs is 4. The summed E-state index contributed by atoms with van der Waals surface area (Å²) in [5.41, 5.74) is 7.97. The number of nitrogens with two attached hydrogens (primary N) is 1. The number of anilines is 2. The number of ether oxygens (including phenoxy) is 1. The molecule has 1 amide bonds. The largest absolute Gasteiger partial charge is 0.463 e. The van der Waals surface area contributed by atoms with Crippen LogP contribution in [0.15, 0.2) is 30.3 Å². The Kier molecular flexibility index (Phi) is 8.07. The first-order valence-corrected chi connectivity index (χ1v) is 17.8. The molecule has 8 rings (SSSR count). The maximum Gasteiger partial charge on any atom is 0.319 e. The summed E-state index contributed by atoms with van der Waals surface area (Å²) < 4.78 is 40.4. The van der Waals surface area contributed by atoms with Crippen LogP contribution in [0.3, 0.4) is 0 Å². The van der Waals surface area contributed by atoms with Gasteiger partial charge in [-0.1, -0.05) is 18.6 Å². The zero-order valence-corrected chi connectivity index (χ0v) is 28.7. The van der Waals surface area contributed by atoms with Crippen molar-refractivity contribution in [2.24, 2.45) is 5.41 Å². The second kappa shape index (κ2) is 12.5. The Morgan fingerprint density at radius 2 is 1.98 bits per heavy atom. The molecular weight excluding hydrogens is 661 g/mol. The monoisotopic (exact) mass is 697 g/mol. The quantitative estimate of drug-likeness (QED) is 0.224. The topological polar surface area (TPSA) is 138 Å². The Hall–Kier alpha value is -4.87. The van der Waals surface area contributed by atoms with E-state index in [-0.39, 0.29) is 49.1 Å². The lowest BCUT2D eigenvalue weighted by molar-refractivity contribution is 0.0798. The standard InChI is InChI=1S/C36H37F2N9O2S/c1-45(2)34(48)26-16-20-18-46(14-5-15-47(20)44-26)33-23-8-7-22(21-9-10-25(37)31-28(21)24(17-39)32(40)50-31)29(38)30(23)42-35(43-33)49-19-36-11-3-6-27(36)41-13-4-12-36/h7-10,16,27,41H,3-6,11-15,18-19,40H2,1-2H3. The lowest BCUT2D eigenvalue weighted by Crippen LogP contribution is -2.49. The zero-order valence-electron chi connectivity index (χ0n) is 27.9. The molecule has 2 aliphatic heterocycles. The van der Waals surface area contributed by atoms with E-state index in [9.17, 15) is 14.4 Å². The van der Waals surface area contributed by atoms with Gasteiger partial charge in [0.25, 0.3) is 5.91 Å². The molecule has 2 aromatic carbocycles. The Labute approximate surface area is 291 Å². The number of halogens is 2. The van der Waals surface area contributed by atoms with E-state index in [0.29, 0.717) is 61.2 Å². The molecule has 258 valence electrons.